The van der Waals surface area contributed by atoms with E-state index in [4.69, 9.17) is 14.2 Å². The first-order chi connectivity index (χ1) is 15.8. The minimum Gasteiger partial charge on any atom is -0.497 e. The van der Waals surface area contributed by atoms with Crippen LogP contribution in [0.5, 0.6) is 17.2 Å². The maximum Gasteiger partial charge on any atom is 0.243 e. The summed E-state index contributed by atoms with van der Waals surface area (Å²) in [5.74, 6) is 1.75. The third kappa shape index (κ3) is 7.41. The van der Waals surface area contributed by atoms with Crippen LogP contribution in [0.4, 0.5) is 0 Å². The van der Waals surface area contributed by atoms with E-state index in [2.05, 4.69) is 5.32 Å². The van der Waals surface area contributed by atoms with Gasteiger partial charge in [0.2, 0.25) is 11.8 Å². The molecule has 0 aliphatic carbocycles. The second kappa shape index (κ2) is 12.7. The number of ether oxygens (including phenoxy) is 3. The monoisotopic (exact) mass is 456 g/mol. The van der Waals surface area contributed by atoms with E-state index < -0.39 is 6.04 Å². The minimum atomic E-state index is -0.559. The molecule has 2 aromatic rings. The zero-order valence-corrected chi connectivity index (χ0v) is 20.5. The molecule has 0 saturated heterocycles. The van der Waals surface area contributed by atoms with Crippen molar-refractivity contribution in [3.63, 3.8) is 0 Å². The predicted molar refractivity (Wildman–Crippen MR) is 129 cm³/mol. The lowest BCUT2D eigenvalue weighted by Gasteiger charge is -2.31. The van der Waals surface area contributed by atoms with Crippen LogP contribution in [0, 0.1) is 0 Å². The zero-order chi connectivity index (χ0) is 24.4. The predicted octanol–water partition coefficient (Wildman–Crippen LogP) is 3.98. The Balaban J connectivity index is 2.25. The summed E-state index contributed by atoms with van der Waals surface area (Å²) in [6, 6.07) is 12.6. The van der Waals surface area contributed by atoms with E-state index in [1.807, 2.05) is 63.2 Å². The number of carbonyl (C=O) groups is 2. The SMILES string of the molecule is CCC(C(=O)NC(C)C)N(Cc1cccc(OC)c1)C(=O)CCc1ccc(OC)c(OC)c1. The maximum atomic E-state index is 13.4. The highest BCUT2D eigenvalue weighted by molar-refractivity contribution is 5.87. The van der Waals surface area contributed by atoms with Gasteiger partial charge in [0.15, 0.2) is 11.5 Å². The summed E-state index contributed by atoms with van der Waals surface area (Å²) in [4.78, 5) is 28.0. The molecular formula is C26H36N2O5. The molecule has 1 unspecified atom stereocenters. The van der Waals surface area contributed by atoms with Crippen molar-refractivity contribution in [3.8, 4) is 17.2 Å². The second-order valence-corrected chi connectivity index (χ2v) is 8.15. The van der Waals surface area contributed by atoms with Gasteiger partial charge in [0, 0.05) is 19.0 Å². The van der Waals surface area contributed by atoms with Crippen LogP contribution in [0.1, 0.15) is 44.7 Å². The van der Waals surface area contributed by atoms with Gasteiger partial charge in [-0.3, -0.25) is 9.59 Å². The molecular weight excluding hydrogens is 420 g/mol. The first-order valence-electron chi connectivity index (χ1n) is 11.3. The Bertz CT molecular complexity index is 929. The van der Waals surface area contributed by atoms with E-state index in [0.29, 0.717) is 36.6 Å². The summed E-state index contributed by atoms with van der Waals surface area (Å²) in [6.07, 6.45) is 1.31. The molecule has 2 rings (SSSR count). The van der Waals surface area contributed by atoms with E-state index in [9.17, 15) is 9.59 Å². The molecule has 180 valence electrons. The Morgan fingerprint density at radius 1 is 0.939 bits per heavy atom. The number of amides is 2. The van der Waals surface area contributed by atoms with Crippen LogP contribution in [0.3, 0.4) is 0 Å². The third-order valence-corrected chi connectivity index (χ3v) is 5.38. The Morgan fingerprint density at radius 2 is 1.67 bits per heavy atom. The van der Waals surface area contributed by atoms with Gasteiger partial charge >= 0.3 is 0 Å². The number of hydrogen-bond donors (Lipinski definition) is 1. The lowest BCUT2D eigenvalue weighted by molar-refractivity contribution is -0.141. The van der Waals surface area contributed by atoms with Gasteiger partial charge in [0.25, 0.3) is 0 Å². The van der Waals surface area contributed by atoms with Crippen molar-refractivity contribution in [2.24, 2.45) is 0 Å². The van der Waals surface area contributed by atoms with Crippen LogP contribution in [-0.4, -0.2) is 50.1 Å². The fraction of sp³-hybridized carbons (Fsp3) is 0.462. The molecule has 0 heterocycles. The molecule has 33 heavy (non-hydrogen) atoms. The van der Waals surface area contributed by atoms with Crippen molar-refractivity contribution in [3.05, 3.63) is 53.6 Å². The number of methoxy groups -OCH3 is 3. The average molecular weight is 457 g/mol. The van der Waals surface area contributed by atoms with E-state index in [1.54, 1.807) is 26.2 Å². The van der Waals surface area contributed by atoms with E-state index >= 15 is 0 Å². The molecule has 7 heteroatoms. The molecule has 0 fully saturated rings. The molecule has 2 amide bonds. The number of rotatable bonds is 12. The Hall–Kier alpha value is -3.22. The summed E-state index contributed by atoms with van der Waals surface area (Å²) in [6.45, 7) is 6.07. The van der Waals surface area contributed by atoms with Crippen LogP contribution in [-0.2, 0) is 22.6 Å². The zero-order valence-electron chi connectivity index (χ0n) is 20.5. The number of benzene rings is 2. The van der Waals surface area contributed by atoms with Crippen LogP contribution >= 0.6 is 0 Å². The van der Waals surface area contributed by atoms with Crippen molar-refractivity contribution in [1.29, 1.82) is 0 Å². The number of carbonyl (C=O) groups excluding carboxylic acids is 2. The highest BCUT2D eigenvalue weighted by Gasteiger charge is 2.28. The average Bonchev–Trinajstić information content (AvgIpc) is 2.81. The Kier molecular flexibility index (Phi) is 10.0. The third-order valence-electron chi connectivity index (χ3n) is 5.38. The molecule has 0 radical (unpaired) electrons. The first kappa shape index (κ1) is 26.0. The molecule has 2 aromatic carbocycles. The molecule has 0 aliphatic heterocycles. The van der Waals surface area contributed by atoms with Crippen molar-refractivity contribution in [2.75, 3.05) is 21.3 Å². The largest absolute Gasteiger partial charge is 0.497 e. The lowest BCUT2D eigenvalue weighted by atomic mass is 10.1. The van der Waals surface area contributed by atoms with Crippen molar-refractivity contribution >= 4 is 11.8 Å². The van der Waals surface area contributed by atoms with Crippen molar-refractivity contribution < 1.29 is 23.8 Å². The van der Waals surface area contributed by atoms with Gasteiger partial charge in [0.1, 0.15) is 11.8 Å². The summed E-state index contributed by atoms with van der Waals surface area (Å²) < 4.78 is 16.0. The number of nitrogens with zero attached hydrogens (tertiary/aromatic N) is 1. The number of hydrogen-bond acceptors (Lipinski definition) is 5. The van der Waals surface area contributed by atoms with E-state index in [0.717, 1.165) is 11.1 Å². The Morgan fingerprint density at radius 3 is 2.27 bits per heavy atom. The molecule has 1 N–H and O–H groups in total. The van der Waals surface area contributed by atoms with Gasteiger partial charge in [-0.05, 0) is 62.1 Å². The smallest absolute Gasteiger partial charge is 0.243 e. The van der Waals surface area contributed by atoms with E-state index in [1.165, 1.54) is 0 Å². The summed E-state index contributed by atoms with van der Waals surface area (Å²) in [5, 5.41) is 2.95. The fourth-order valence-corrected chi connectivity index (χ4v) is 3.70. The minimum absolute atomic E-state index is 0.00733. The molecule has 1 atom stereocenters. The fourth-order valence-electron chi connectivity index (χ4n) is 3.70. The van der Waals surface area contributed by atoms with Crippen LogP contribution in [0.15, 0.2) is 42.5 Å². The first-order valence-corrected chi connectivity index (χ1v) is 11.3. The highest BCUT2D eigenvalue weighted by atomic mass is 16.5. The van der Waals surface area contributed by atoms with Gasteiger partial charge in [0.05, 0.1) is 21.3 Å². The van der Waals surface area contributed by atoms with Gasteiger partial charge in [-0.2, -0.15) is 0 Å². The molecule has 0 aliphatic rings. The van der Waals surface area contributed by atoms with E-state index in [-0.39, 0.29) is 24.3 Å². The lowest BCUT2D eigenvalue weighted by Crippen LogP contribution is -2.50. The van der Waals surface area contributed by atoms with Crippen LogP contribution in [0.25, 0.3) is 0 Å². The van der Waals surface area contributed by atoms with Crippen LogP contribution < -0.4 is 19.5 Å². The van der Waals surface area contributed by atoms with Crippen LogP contribution in [0.2, 0.25) is 0 Å². The molecule has 0 bridgehead atoms. The van der Waals surface area contributed by atoms with Gasteiger partial charge in [-0.25, -0.2) is 0 Å². The molecule has 0 spiro atoms. The molecule has 7 nitrogen and oxygen atoms in total. The maximum absolute atomic E-state index is 13.4. The summed E-state index contributed by atoms with van der Waals surface area (Å²) in [7, 11) is 4.78. The Labute approximate surface area is 197 Å². The van der Waals surface area contributed by atoms with Gasteiger partial charge < -0.3 is 24.4 Å². The highest BCUT2D eigenvalue weighted by Crippen LogP contribution is 2.28. The van der Waals surface area contributed by atoms with Gasteiger partial charge in [-0.15, -0.1) is 0 Å². The topological polar surface area (TPSA) is 77.1 Å². The van der Waals surface area contributed by atoms with Crippen molar-refractivity contribution in [1.82, 2.24) is 10.2 Å². The van der Waals surface area contributed by atoms with Gasteiger partial charge in [-0.1, -0.05) is 25.1 Å². The standard InChI is InChI=1S/C26H36N2O5/c1-7-22(26(30)27-18(2)3)28(17-20-9-8-10-21(15-20)31-4)25(29)14-12-19-11-13-23(32-5)24(16-19)33-6/h8-11,13,15-16,18,22H,7,12,14,17H2,1-6H3,(H,27,30). The molecule has 0 aromatic heterocycles. The summed E-state index contributed by atoms with van der Waals surface area (Å²) >= 11 is 0. The molecule has 0 saturated carbocycles. The second-order valence-electron chi connectivity index (χ2n) is 8.15. The summed E-state index contributed by atoms with van der Waals surface area (Å²) in [5.41, 5.74) is 1.87. The number of aryl methyl sites for hydroxylation is 1. The van der Waals surface area contributed by atoms with Crippen molar-refractivity contribution in [2.45, 2.75) is 58.7 Å². The normalized spacial score (nSPS) is 11.6. The number of nitrogens with one attached hydrogen (secondary N) is 1. The quantitative estimate of drug-likeness (QED) is 0.523.